The molecule has 0 unspecified atom stereocenters. The third-order valence-corrected chi connectivity index (χ3v) is 5.89. The van der Waals surface area contributed by atoms with Crippen LogP contribution in [0.1, 0.15) is 16.7 Å². The molecule has 0 aliphatic rings. The van der Waals surface area contributed by atoms with Crippen molar-refractivity contribution in [3.8, 4) is 11.4 Å². The smallest absolute Gasteiger partial charge is 0.225 e. The predicted molar refractivity (Wildman–Crippen MR) is 133 cm³/mol. The van der Waals surface area contributed by atoms with Gasteiger partial charge in [-0.2, -0.15) is 4.98 Å². The third kappa shape index (κ3) is 4.48. The Kier molecular flexibility index (Phi) is 6.20. The van der Waals surface area contributed by atoms with Gasteiger partial charge in [0.25, 0.3) is 0 Å². The number of hydrogen-bond donors (Lipinski definition) is 2. The van der Waals surface area contributed by atoms with Crippen LogP contribution in [-0.2, 0) is 19.6 Å². The summed E-state index contributed by atoms with van der Waals surface area (Å²) in [5, 5.41) is 3.72. The van der Waals surface area contributed by atoms with Gasteiger partial charge in [0.05, 0.1) is 17.8 Å². The molecule has 3 aromatic carbocycles. The highest BCUT2D eigenvalue weighted by Gasteiger charge is 2.17. The number of halogens is 2. The number of rotatable bonds is 7. The Bertz CT molecular complexity index is 1470. The normalized spacial score (nSPS) is 11.1. The molecule has 3 N–H and O–H groups in total. The minimum absolute atomic E-state index is 0.266. The zero-order valence-corrected chi connectivity index (χ0v) is 19.0. The maximum absolute atomic E-state index is 14.0. The van der Waals surface area contributed by atoms with Crippen molar-refractivity contribution >= 4 is 28.7 Å². The van der Waals surface area contributed by atoms with Gasteiger partial charge >= 0.3 is 0 Å². The number of imidazole rings is 1. The van der Waals surface area contributed by atoms with Crippen molar-refractivity contribution in [1.82, 2.24) is 19.5 Å². The third-order valence-electron chi connectivity index (χ3n) is 5.57. The lowest BCUT2D eigenvalue weighted by molar-refractivity contribution is 0.612. The fourth-order valence-corrected chi connectivity index (χ4v) is 4.08. The van der Waals surface area contributed by atoms with Crippen molar-refractivity contribution in [2.45, 2.75) is 19.6 Å². The van der Waals surface area contributed by atoms with E-state index in [4.69, 9.17) is 27.3 Å². The molecule has 0 radical (unpaired) electrons. The van der Waals surface area contributed by atoms with Gasteiger partial charge in [-0.3, -0.25) is 0 Å². The Morgan fingerprint density at radius 3 is 2.56 bits per heavy atom. The van der Waals surface area contributed by atoms with Gasteiger partial charge in [-0.15, -0.1) is 0 Å². The number of aromatic nitrogens is 4. The van der Waals surface area contributed by atoms with Crippen LogP contribution in [0.15, 0.2) is 79.0 Å². The van der Waals surface area contributed by atoms with Crippen LogP contribution in [0.25, 0.3) is 22.6 Å². The zero-order valence-electron chi connectivity index (χ0n) is 18.2. The summed E-state index contributed by atoms with van der Waals surface area (Å²) in [4.78, 5) is 13.9. The molecule has 0 spiro atoms. The van der Waals surface area contributed by atoms with Gasteiger partial charge in [0, 0.05) is 24.2 Å². The molecular formula is C26H22ClFN6. The first-order chi connectivity index (χ1) is 16.6. The van der Waals surface area contributed by atoms with Crippen LogP contribution in [0.5, 0.6) is 0 Å². The Labute approximate surface area is 201 Å². The average Bonchev–Trinajstić information content (AvgIpc) is 3.21. The van der Waals surface area contributed by atoms with Crippen molar-refractivity contribution in [3.05, 3.63) is 107 Å². The minimum Gasteiger partial charge on any atom is -0.350 e. The number of anilines is 1. The number of nitrogens with one attached hydrogen (secondary N) is 1. The quantitative estimate of drug-likeness (QED) is 0.331. The lowest BCUT2D eigenvalue weighted by Gasteiger charge is -2.12. The van der Waals surface area contributed by atoms with E-state index in [1.165, 1.54) is 6.07 Å². The van der Waals surface area contributed by atoms with E-state index in [-0.39, 0.29) is 12.4 Å². The van der Waals surface area contributed by atoms with Gasteiger partial charge in [0.1, 0.15) is 17.2 Å². The van der Waals surface area contributed by atoms with Gasteiger partial charge in [-0.1, -0.05) is 66.2 Å². The van der Waals surface area contributed by atoms with Crippen LogP contribution in [0, 0.1) is 5.82 Å². The monoisotopic (exact) mass is 472 g/mol. The minimum atomic E-state index is -0.276. The molecule has 6 nitrogen and oxygen atoms in total. The van der Waals surface area contributed by atoms with E-state index in [2.05, 4.69) is 16.4 Å². The molecular weight excluding hydrogens is 451 g/mol. The highest BCUT2D eigenvalue weighted by molar-refractivity contribution is 6.33. The van der Waals surface area contributed by atoms with Crippen LogP contribution in [0.3, 0.4) is 0 Å². The lowest BCUT2D eigenvalue weighted by Crippen LogP contribution is -2.08. The molecule has 0 saturated carbocycles. The van der Waals surface area contributed by atoms with Crippen LogP contribution in [-0.4, -0.2) is 19.5 Å². The SMILES string of the molecule is NCc1cccc(Cn2c(-c3ccccc3Cl)nc3cnc(NCc4ccccc4F)nc32)c1. The summed E-state index contributed by atoms with van der Waals surface area (Å²) in [6, 6.07) is 22.3. The summed E-state index contributed by atoms with van der Waals surface area (Å²) in [7, 11) is 0. The van der Waals surface area contributed by atoms with Crippen molar-refractivity contribution in [2.24, 2.45) is 5.73 Å². The van der Waals surface area contributed by atoms with Crippen LogP contribution in [0.4, 0.5) is 10.3 Å². The largest absolute Gasteiger partial charge is 0.350 e. The van der Waals surface area contributed by atoms with Gasteiger partial charge < -0.3 is 15.6 Å². The van der Waals surface area contributed by atoms with E-state index in [9.17, 15) is 4.39 Å². The molecule has 0 amide bonds. The number of hydrogen-bond acceptors (Lipinski definition) is 5. The highest BCUT2D eigenvalue weighted by atomic mass is 35.5. The lowest BCUT2D eigenvalue weighted by atomic mass is 10.1. The van der Waals surface area contributed by atoms with Crippen molar-refractivity contribution < 1.29 is 4.39 Å². The molecule has 0 saturated heterocycles. The second-order valence-electron chi connectivity index (χ2n) is 7.87. The zero-order chi connectivity index (χ0) is 23.5. The van der Waals surface area contributed by atoms with Crippen LogP contribution < -0.4 is 11.1 Å². The standard InChI is InChI=1S/C26H22ClFN6/c27-21-10-3-2-9-20(21)24-32-23-15-31-26(30-14-19-8-1-4-11-22(19)28)33-25(23)34(24)16-18-7-5-6-17(12-18)13-29/h1-12,15H,13-14,16,29H2,(H,30,31,33). The van der Waals surface area contributed by atoms with Crippen molar-refractivity contribution in [2.75, 3.05) is 5.32 Å². The van der Waals surface area contributed by atoms with Gasteiger partial charge in [-0.05, 0) is 29.3 Å². The Morgan fingerprint density at radius 1 is 0.941 bits per heavy atom. The molecule has 170 valence electrons. The fourth-order valence-electron chi connectivity index (χ4n) is 3.86. The maximum Gasteiger partial charge on any atom is 0.225 e. The summed E-state index contributed by atoms with van der Waals surface area (Å²) < 4.78 is 16.0. The second kappa shape index (κ2) is 9.59. The van der Waals surface area contributed by atoms with E-state index >= 15 is 0 Å². The predicted octanol–water partition coefficient (Wildman–Crippen LogP) is 5.40. The van der Waals surface area contributed by atoms with E-state index < -0.39 is 0 Å². The maximum atomic E-state index is 14.0. The average molecular weight is 473 g/mol. The number of benzene rings is 3. The first-order valence-electron chi connectivity index (χ1n) is 10.9. The molecule has 0 aliphatic heterocycles. The summed E-state index contributed by atoms with van der Waals surface area (Å²) in [6.45, 7) is 1.25. The molecule has 8 heteroatoms. The number of nitrogens with two attached hydrogens (primary N) is 1. The van der Waals surface area contributed by atoms with E-state index in [1.807, 2.05) is 47.0 Å². The Balaban J connectivity index is 1.57. The number of fused-ring (bicyclic) bond motifs is 1. The first-order valence-corrected chi connectivity index (χ1v) is 11.2. The van der Waals surface area contributed by atoms with Crippen molar-refractivity contribution in [1.29, 1.82) is 0 Å². The van der Waals surface area contributed by atoms with E-state index in [0.29, 0.717) is 46.6 Å². The summed E-state index contributed by atoms with van der Waals surface area (Å²) in [6.07, 6.45) is 1.67. The van der Waals surface area contributed by atoms with E-state index in [1.54, 1.807) is 24.4 Å². The second-order valence-corrected chi connectivity index (χ2v) is 8.28. The number of nitrogens with zero attached hydrogens (tertiary/aromatic N) is 4. The topological polar surface area (TPSA) is 81.7 Å². The molecule has 0 fully saturated rings. The Hall–Kier alpha value is -3.81. The molecule has 0 atom stereocenters. The van der Waals surface area contributed by atoms with Crippen molar-refractivity contribution in [3.63, 3.8) is 0 Å². The van der Waals surface area contributed by atoms with Gasteiger partial charge in [-0.25, -0.2) is 14.4 Å². The molecule has 34 heavy (non-hydrogen) atoms. The summed E-state index contributed by atoms with van der Waals surface area (Å²) in [5.74, 6) is 0.805. The Morgan fingerprint density at radius 2 is 1.74 bits per heavy atom. The molecule has 2 aromatic heterocycles. The van der Waals surface area contributed by atoms with Crippen LogP contribution in [0.2, 0.25) is 5.02 Å². The summed E-state index contributed by atoms with van der Waals surface area (Å²) >= 11 is 6.52. The molecule has 5 rings (SSSR count). The van der Waals surface area contributed by atoms with Gasteiger partial charge in [0.15, 0.2) is 5.65 Å². The fraction of sp³-hybridized carbons (Fsp3) is 0.115. The molecule has 5 aromatic rings. The van der Waals surface area contributed by atoms with Gasteiger partial charge in [0.2, 0.25) is 5.95 Å². The van der Waals surface area contributed by atoms with Crippen LogP contribution >= 0.6 is 11.6 Å². The molecule has 0 bridgehead atoms. The van der Waals surface area contributed by atoms with E-state index in [0.717, 1.165) is 16.7 Å². The first kappa shape index (κ1) is 22.0. The highest BCUT2D eigenvalue weighted by Crippen LogP contribution is 2.30. The molecule has 0 aliphatic carbocycles. The molecule has 2 heterocycles. The summed E-state index contributed by atoms with van der Waals surface area (Å²) in [5.41, 5.74) is 10.6.